The van der Waals surface area contributed by atoms with Crippen LogP contribution in [-0.2, 0) is 14.4 Å². The number of hydrogen-bond acceptors (Lipinski definition) is 6. The molecule has 0 radical (unpaired) electrons. The lowest BCUT2D eigenvalue weighted by Gasteiger charge is -2.49. The van der Waals surface area contributed by atoms with E-state index in [1.807, 2.05) is 29.2 Å². The molecule has 4 aliphatic rings. The highest BCUT2D eigenvalue weighted by atomic mass is 16.4. The number of aliphatic hydroxyl groups excluding tert-OH is 1. The zero-order valence-electron chi connectivity index (χ0n) is 20.7. The fraction of sp³-hybridized carbons (Fsp3) is 0.667. The number of carbonyl (C=O) groups excluding carboxylic acids is 2. The molecule has 2 bridgehead atoms. The summed E-state index contributed by atoms with van der Waals surface area (Å²) < 4.78 is 0. The van der Waals surface area contributed by atoms with Crippen LogP contribution in [0, 0.1) is 5.92 Å². The molecule has 196 valence electrons. The molecule has 3 heterocycles. The number of nitrogens with one attached hydrogen (secondary N) is 3. The van der Waals surface area contributed by atoms with Crippen molar-refractivity contribution in [1.82, 2.24) is 10.6 Å². The summed E-state index contributed by atoms with van der Waals surface area (Å²) in [4.78, 5) is 40.1. The van der Waals surface area contributed by atoms with Crippen LogP contribution in [0.2, 0.25) is 0 Å². The number of carboxylic acid groups (broad SMARTS) is 1. The summed E-state index contributed by atoms with van der Waals surface area (Å²) in [6.07, 6.45) is 12.8. The second kappa shape index (κ2) is 10.4. The molecule has 1 saturated carbocycles. The molecule has 1 aliphatic carbocycles. The van der Waals surface area contributed by atoms with Crippen molar-refractivity contribution < 1.29 is 24.6 Å². The second-order valence-corrected chi connectivity index (χ2v) is 11.1. The second-order valence-electron chi connectivity index (χ2n) is 11.1. The SMILES string of the molecule is O=C(N[C@@H](CO)C(=O)O)C1Nc2ccccc2N(C2CC3CC[C@@](C4CCCCCCC4)(C2)N3)C1=O. The number of rotatable bonds is 6. The molecule has 0 aromatic heterocycles. The molecule has 1 aromatic rings. The van der Waals surface area contributed by atoms with Gasteiger partial charge in [-0.15, -0.1) is 0 Å². The summed E-state index contributed by atoms with van der Waals surface area (Å²) in [5, 5.41) is 27.9. The Kier molecular flexibility index (Phi) is 7.21. The van der Waals surface area contributed by atoms with E-state index in [1.165, 1.54) is 44.9 Å². The van der Waals surface area contributed by atoms with E-state index in [0.29, 0.717) is 17.6 Å². The van der Waals surface area contributed by atoms with E-state index in [-0.39, 0.29) is 17.5 Å². The number of hydrogen-bond donors (Lipinski definition) is 5. The molecule has 3 unspecified atom stereocenters. The Balaban J connectivity index is 1.42. The molecule has 2 amide bonds. The zero-order valence-corrected chi connectivity index (χ0v) is 20.7. The summed E-state index contributed by atoms with van der Waals surface area (Å²) in [6.45, 7) is -0.748. The maximum atomic E-state index is 13.9. The lowest BCUT2D eigenvalue weighted by molar-refractivity contribution is -0.143. The van der Waals surface area contributed by atoms with E-state index in [9.17, 15) is 24.6 Å². The lowest BCUT2D eigenvalue weighted by Crippen LogP contribution is -2.64. The minimum Gasteiger partial charge on any atom is -0.480 e. The van der Waals surface area contributed by atoms with E-state index >= 15 is 0 Å². The number of amides is 2. The zero-order chi connectivity index (χ0) is 25.3. The molecule has 5 atom stereocenters. The van der Waals surface area contributed by atoms with Gasteiger partial charge in [-0.25, -0.2) is 4.79 Å². The molecule has 36 heavy (non-hydrogen) atoms. The molecule has 1 aromatic carbocycles. The van der Waals surface area contributed by atoms with Gasteiger partial charge in [-0.3, -0.25) is 9.59 Å². The van der Waals surface area contributed by atoms with Gasteiger partial charge in [0.25, 0.3) is 11.8 Å². The van der Waals surface area contributed by atoms with Gasteiger partial charge in [0.15, 0.2) is 6.04 Å². The Morgan fingerprint density at radius 3 is 2.56 bits per heavy atom. The molecule has 5 rings (SSSR count). The van der Waals surface area contributed by atoms with Gasteiger partial charge in [-0.2, -0.15) is 0 Å². The smallest absolute Gasteiger partial charge is 0.328 e. The topological polar surface area (TPSA) is 131 Å². The van der Waals surface area contributed by atoms with Crippen molar-refractivity contribution in [2.75, 3.05) is 16.8 Å². The van der Waals surface area contributed by atoms with E-state index in [0.717, 1.165) is 31.4 Å². The van der Waals surface area contributed by atoms with Gasteiger partial charge < -0.3 is 31.1 Å². The number of piperidine rings is 1. The minimum atomic E-state index is -1.46. The van der Waals surface area contributed by atoms with Crippen molar-refractivity contribution in [3.63, 3.8) is 0 Å². The molecule has 3 aliphatic heterocycles. The van der Waals surface area contributed by atoms with E-state index in [2.05, 4.69) is 16.0 Å². The van der Waals surface area contributed by atoms with E-state index < -0.39 is 30.6 Å². The van der Waals surface area contributed by atoms with Gasteiger partial charge >= 0.3 is 5.97 Å². The number of benzene rings is 1. The van der Waals surface area contributed by atoms with Crippen LogP contribution in [0.25, 0.3) is 0 Å². The molecular weight excluding hydrogens is 460 g/mol. The summed E-state index contributed by atoms with van der Waals surface area (Å²) in [6, 6.07) is 5.10. The molecule has 9 nitrogen and oxygen atoms in total. The number of aliphatic carboxylic acids is 1. The highest BCUT2D eigenvalue weighted by Crippen LogP contribution is 2.48. The first kappa shape index (κ1) is 25.0. The first-order chi connectivity index (χ1) is 17.4. The Bertz CT molecular complexity index is 994. The van der Waals surface area contributed by atoms with Crippen LogP contribution in [0.3, 0.4) is 0 Å². The molecule has 2 saturated heterocycles. The number of carbonyl (C=O) groups is 3. The third kappa shape index (κ3) is 4.70. The van der Waals surface area contributed by atoms with Crippen LogP contribution in [0.15, 0.2) is 24.3 Å². The molecule has 9 heteroatoms. The van der Waals surface area contributed by atoms with Crippen molar-refractivity contribution >= 4 is 29.2 Å². The van der Waals surface area contributed by atoms with Gasteiger partial charge in [-0.05, 0) is 56.6 Å². The van der Waals surface area contributed by atoms with Crippen LogP contribution in [0.5, 0.6) is 0 Å². The Labute approximate surface area is 212 Å². The molecule has 3 fully saturated rings. The average Bonchev–Trinajstić information content (AvgIpc) is 3.15. The van der Waals surface area contributed by atoms with Gasteiger partial charge in [-0.1, -0.05) is 44.2 Å². The minimum absolute atomic E-state index is 0.0219. The van der Waals surface area contributed by atoms with Crippen molar-refractivity contribution in [1.29, 1.82) is 0 Å². The highest BCUT2D eigenvalue weighted by molar-refractivity contribution is 6.17. The van der Waals surface area contributed by atoms with Crippen molar-refractivity contribution in [3.05, 3.63) is 24.3 Å². The number of aliphatic hydroxyl groups is 1. The van der Waals surface area contributed by atoms with E-state index in [4.69, 9.17) is 0 Å². The summed E-state index contributed by atoms with van der Waals surface area (Å²) in [7, 11) is 0. The van der Waals surface area contributed by atoms with Gasteiger partial charge in [0.2, 0.25) is 0 Å². The van der Waals surface area contributed by atoms with Crippen molar-refractivity contribution in [2.45, 2.75) is 100 Å². The van der Waals surface area contributed by atoms with Crippen LogP contribution < -0.4 is 20.9 Å². The number of anilines is 2. The first-order valence-electron chi connectivity index (χ1n) is 13.5. The summed E-state index contributed by atoms with van der Waals surface area (Å²) in [5.74, 6) is -1.86. The number of para-hydroxylation sites is 2. The van der Waals surface area contributed by atoms with Crippen LogP contribution in [0.4, 0.5) is 11.4 Å². The number of carboxylic acids is 1. The van der Waals surface area contributed by atoms with E-state index in [1.54, 1.807) is 0 Å². The van der Waals surface area contributed by atoms with Crippen molar-refractivity contribution in [3.8, 4) is 0 Å². The number of fused-ring (bicyclic) bond motifs is 3. The Morgan fingerprint density at radius 1 is 1.11 bits per heavy atom. The lowest BCUT2D eigenvalue weighted by atomic mass is 9.71. The third-order valence-corrected chi connectivity index (χ3v) is 8.85. The molecule has 0 spiro atoms. The van der Waals surface area contributed by atoms with Crippen LogP contribution in [0.1, 0.15) is 70.6 Å². The Morgan fingerprint density at radius 2 is 1.83 bits per heavy atom. The van der Waals surface area contributed by atoms with Crippen molar-refractivity contribution in [2.24, 2.45) is 5.92 Å². The summed E-state index contributed by atoms with van der Waals surface area (Å²) in [5.41, 5.74) is 1.47. The quantitative estimate of drug-likeness (QED) is 0.381. The normalized spacial score (nSPS) is 31.5. The maximum absolute atomic E-state index is 13.9. The largest absolute Gasteiger partial charge is 0.480 e. The highest BCUT2D eigenvalue weighted by Gasteiger charge is 2.52. The van der Waals surface area contributed by atoms with Crippen LogP contribution >= 0.6 is 0 Å². The number of nitrogens with zero attached hydrogens (tertiary/aromatic N) is 1. The fourth-order valence-corrected chi connectivity index (χ4v) is 7.12. The van der Waals surface area contributed by atoms with Crippen LogP contribution in [-0.4, -0.2) is 64.3 Å². The summed E-state index contributed by atoms with van der Waals surface area (Å²) >= 11 is 0. The maximum Gasteiger partial charge on any atom is 0.328 e. The predicted molar refractivity (Wildman–Crippen MR) is 136 cm³/mol. The molecule has 5 N–H and O–H groups in total. The standard InChI is InChI=1S/C27H38N4O5/c32-16-21(26(35)36)29-24(33)23-25(34)31(22-11-7-6-10-20(22)28-23)19-14-18-12-13-27(15-19,30-18)17-8-4-2-1-3-5-9-17/h6-7,10-11,17-19,21,23,28,30,32H,1-5,8-9,12-16H2,(H,29,33)(H,35,36)/t18?,19?,21-,23?,27-/m0/s1. The monoisotopic (exact) mass is 498 g/mol. The van der Waals surface area contributed by atoms with Gasteiger partial charge in [0.05, 0.1) is 18.0 Å². The van der Waals surface area contributed by atoms with Gasteiger partial charge in [0.1, 0.15) is 6.04 Å². The Hall–Kier alpha value is -2.65. The third-order valence-electron chi connectivity index (χ3n) is 8.85. The first-order valence-corrected chi connectivity index (χ1v) is 13.5. The average molecular weight is 499 g/mol. The molecular formula is C27H38N4O5. The van der Waals surface area contributed by atoms with Gasteiger partial charge in [0, 0.05) is 17.6 Å². The predicted octanol–water partition coefficient (Wildman–Crippen LogP) is 2.39. The fourth-order valence-electron chi connectivity index (χ4n) is 7.12.